The van der Waals surface area contributed by atoms with Crippen molar-refractivity contribution in [2.45, 2.75) is 13.5 Å². The van der Waals surface area contributed by atoms with E-state index in [0.29, 0.717) is 23.2 Å². The van der Waals surface area contributed by atoms with Crippen LogP contribution in [0.15, 0.2) is 54.9 Å². The van der Waals surface area contributed by atoms with Gasteiger partial charge in [0.25, 0.3) is 0 Å². The predicted molar refractivity (Wildman–Crippen MR) is 110 cm³/mol. The van der Waals surface area contributed by atoms with Crippen LogP contribution in [-0.2, 0) is 13.7 Å². The summed E-state index contributed by atoms with van der Waals surface area (Å²) in [6.07, 6.45) is 1.64. The highest BCUT2D eigenvalue weighted by atomic mass is 32.1. The van der Waals surface area contributed by atoms with E-state index in [4.69, 9.17) is 9.84 Å². The third-order valence-electron chi connectivity index (χ3n) is 4.39. The third-order valence-corrected chi connectivity index (χ3v) is 5.39. The summed E-state index contributed by atoms with van der Waals surface area (Å²) in [5, 5.41) is 17.7. The van der Waals surface area contributed by atoms with E-state index >= 15 is 0 Å². The molecular formula is C20H17N7OS. The summed E-state index contributed by atoms with van der Waals surface area (Å²) in [4.78, 5) is 6.43. The Morgan fingerprint density at radius 1 is 1.03 bits per heavy atom. The lowest BCUT2D eigenvalue weighted by Gasteiger charge is -2.10. The summed E-state index contributed by atoms with van der Waals surface area (Å²) >= 11 is 1.65. The van der Waals surface area contributed by atoms with Gasteiger partial charge >= 0.3 is 0 Å². The van der Waals surface area contributed by atoms with Crippen LogP contribution in [0.5, 0.6) is 5.88 Å². The van der Waals surface area contributed by atoms with Crippen LogP contribution in [0.3, 0.4) is 0 Å². The van der Waals surface area contributed by atoms with E-state index in [0.717, 1.165) is 16.0 Å². The van der Waals surface area contributed by atoms with Gasteiger partial charge in [0.1, 0.15) is 6.33 Å². The number of nitrogens with zero attached hydrogens (tertiary/aromatic N) is 7. The van der Waals surface area contributed by atoms with E-state index in [9.17, 15) is 0 Å². The van der Waals surface area contributed by atoms with Crippen LogP contribution in [0.1, 0.15) is 10.7 Å². The fourth-order valence-electron chi connectivity index (χ4n) is 3.04. The Labute approximate surface area is 170 Å². The first-order valence-electron chi connectivity index (χ1n) is 9.03. The van der Waals surface area contributed by atoms with Crippen LogP contribution in [0.4, 0.5) is 0 Å². The van der Waals surface area contributed by atoms with Crippen molar-refractivity contribution >= 4 is 17.0 Å². The molecular weight excluding hydrogens is 386 g/mol. The van der Waals surface area contributed by atoms with Crippen molar-refractivity contribution in [1.82, 2.24) is 34.6 Å². The van der Waals surface area contributed by atoms with Crippen LogP contribution < -0.4 is 4.74 Å². The largest absolute Gasteiger partial charge is 0.468 e. The molecule has 0 aliphatic rings. The Hall–Kier alpha value is -3.59. The standard InChI is InChI=1S/C20H17N7OS/c1-13-8-9-16(29-13)19-23-22-18-10-15(14-6-4-3-5-7-14)20(25-27(18)19)28-11-17-21-12-26(2)24-17/h3-10,12H,11H2,1-2H3. The van der Waals surface area contributed by atoms with Crippen LogP contribution >= 0.6 is 11.3 Å². The molecule has 0 bridgehead atoms. The smallest absolute Gasteiger partial charge is 0.240 e. The van der Waals surface area contributed by atoms with Gasteiger partial charge in [-0.3, -0.25) is 4.68 Å². The van der Waals surface area contributed by atoms with Crippen molar-refractivity contribution in [1.29, 1.82) is 0 Å². The van der Waals surface area contributed by atoms with E-state index in [1.807, 2.05) is 49.5 Å². The molecule has 1 aromatic carbocycles. The van der Waals surface area contributed by atoms with Gasteiger partial charge in [0.15, 0.2) is 23.9 Å². The number of thiophene rings is 1. The zero-order valence-electron chi connectivity index (χ0n) is 15.9. The van der Waals surface area contributed by atoms with E-state index in [-0.39, 0.29) is 6.61 Å². The average molecular weight is 403 g/mol. The van der Waals surface area contributed by atoms with Crippen molar-refractivity contribution in [3.05, 3.63) is 65.6 Å². The first-order valence-corrected chi connectivity index (χ1v) is 9.85. The van der Waals surface area contributed by atoms with Crippen molar-refractivity contribution < 1.29 is 4.74 Å². The molecule has 4 heterocycles. The van der Waals surface area contributed by atoms with Crippen LogP contribution in [0.25, 0.3) is 27.5 Å². The average Bonchev–Trinajstić information content (AvgIpc) is 3.45. The molecule has 144 valence electrons. The fraction of sp³-hybridized carbons (Fsp3) is 0.150. The Morgan fingerprint density at radius 3 is 2.62 bits per heavy atom. The number of aromatic nitrogens is 7. The second-order valence-electron chi connectivity index (χ2n) is 6.56. The molecule has 0 radical (unpaired) electrons. The van der Waals surface area contributed by atoms with Gasteiger partial charge in [-0.15, -0.1) is 26.6 Å². The summed E-state index contributed by atoms with van der Waals surface area (Å²) in [7, 11) is 1.82. The fourth-order valence-corrected chi connectivity index (χ4v) is 3.88. The molecule has 0 spiro atoms. The molecule has 0 saturated carbocycles. The number of benzene rings is 1. The van der Waals surface area contributed by atoms with Gasteiger partial charge in [-0.1, -0.05) is 30.3 Å². The first kappa shape index (κ1) is 17.5. The normalized spacial score (nSPS) is 11.2. The topological polar surface area (TPSA) is 83.0 Å². The maximum Gasteiger partial charge on any atom is 0.240 e. The van der Waals surface area contributed by atoms with Crippen molar-refractivity contribution in [2.24, 2.45) is 7.05 Å². The molecule has 5 rings (SSSR count). The second kappa shape index (κ2) is 7.10. The summed E-state index contributed by atoms with van der Waals surface area (Å²) in [5.74, 6) is 1.76. The van der Waals surface area contributed by atoms with E-state index in [1.54, 1.807) is 26.9 Å². The SMILES string of the molecule is Cc1ccc(-c2nnc3cc(-c4ccccc4)c(OCc4ncn(C)n4)nn23)s1. The maximum atomic E-state index is 6.04. The number of fused-ring (bicyclic) bond motifs is 1. The summed E-state index contributed by atoms with van der Waals surface area (Å²) in [6, 6.07) is 16.0. The molecule has 0 aliphatic heterocycles. The highest BCUT2D eigenvalue weighted by molar-refractivity contribution is 7.15. The predicted octanol–water partition coefficient (Wildman–Crippen LogP) is 3.54. The van der Waals surface area contributed by atoms with Crippen LogP contribution in [0, 0.1) is 6.92 Å². The molecule has 0 fully saturated rings. The number of ether oxygens (including phenoxy) is 1. The summed E-state index contributed by atoms with van der Waals surface area (Å²) in [6.45, 7) is 2.28. The van der Waals surface area contributed by atoms with Gasteiger partial charge in [0.05, 0.1) is 4.88 Å². The lowest BCUT2D eigenvalue weighted by molar-refractivity contribution is 0.281. The van der Waals surface area contributed by atoms with Gasteiger partial charge in [-0.2, -0.15) is 9.61 Å². The van der Waals surface area contributed by atoms with E-state index < -0.39 is 0 Å². The quantitative estimate of drug-likeness (QED) is 0.446. The molecule has 0 aliphatic carbocycles. The minimum atomic E-state index is 0.217. The minimum Gasteiger partial charge on any atom is -0.468 e. The number of hydrogen-bond donors (Lipinski definition) is 0. The third kappa shape index (κ3) is 3.36. The number of hydrogen-bond acceptors (Lipinski definition) is 7. The van der Waals surface area contributed by atoms with Crippen molar-refractivity contribution in [3.63, 3.8) is 0 Å². The van der Waals surface area contributed by atoms with Crippen LogP contribution in [-0.4, -0.2) is 34.6 Å². The van der Waals surface area contributed by atoms with Crippen LogP contribution in [0.2, 0.25) is 0 Å². The monoisotopic (exact) mass is 403 g/mol. The molecule has 0 saturated heterocycles. The zero-order chi connectivity index (χ0) is 19.8. The van der Waals surface area contributed by atoms with Crippen molar-refractivity contribution in [3.8, 4) is 27.7 Å². The molecule has 9 heteroatoms. The number of aryl methyl sites for hydroxylation is 2. The van der Waals surface area contributed by atoms with Gasteiger partial charge in [-0.25, -0.2) is 4.98 Å². The molecule has 0 unspecified atom stereocenters. The minimum absolute atomic E-state index is 0.217. The molecule has 8 nitrogen and oxygen atoms in total. The van der Waals surface area contributed by atoms with E-state index in [2.05, 4.69) is 33.3 Å². The van der Waals surface area contributed by atoms with Crippen molar-refractivity contribution in [2.75, 3.05) is 0 Å². The molecule has 0 atom stereocenters. The molecule has 29 heavy (non-hydrogen) atoms. The Kier molecular flexibility index (Phi) is 4.28. The molecule has 0 N–H and O–H groups in total. The first-order chi connectivity index (χ1) is 14.2. The maximum absolute atomic E-state index is 6.04. The summed E-state index contributed by atoms with van der Waals surface area (Å²) < 4.78 is 9.41. The Morgan fingerprint density at radius 2 is 1.90 bits per heavy atom. The lowest BCUT2D eigenvalue weighted by atomic mass is 10.1. The van der Waals surface area contributed by atoms with E-state index in [1.165, 1.54) is 4.88 Å². The summed E-state index contributed by atoms with van der Waals surface area (Å²) in [5.41, 5.74) is 2.49. The second-order valence-corrected chi connectivity index (χ2v) is 7.84. The number of rotatable bonds is 5. The molecule has 0 amide bonds. The van der Waals surface area contributed by atoms with Gasteiger partial charge in [-0.05, 0) is 30.7 Å². The molecule has 5 aromatic rings. The van der Waals surface area contributed by atoms with Gasteiger partial charge in [0, 0.05) is 17.5 Å². The lowest BCUT2D eigenvalue weighted by Crippen LogP contribution is -2.05. The molecule has 4 aromatic heterocycles. The zero-order valence-corrected chi connectivity index (χ0v) is 16.7. The highest BCUT2D eigenvalue weighted by Gasteiger charge is 2.17. The van der Waals surface area contributed by atoms with Gasteiger partial charge in [0.2, 0.25) is 5.88 Å². The highest BCUT2D eigenvalue weighted by Crippen LogP contribution is 2.32. The Bertz CT molecular complexity index is 1290. The Balaban J connectivity index is 1.61. The van der Waals surface area contributed by atoms with Gasteiger partial charge < -0.3 is 4.74 Å².